The smallest absolute Gasteiger partial charge is 0.344 e. The number of aryl methyl sites for hydroxylation is 2. The van der Waals surface area contributed by atoms with Crippen LogP contribution in [0, 0.1) is 0 Å². The first-order valence-electron chi connectivity index (χ1n) is 11.6. The molecule has 0 saturated carbocycles. The number of nitrogens with one attached hydrogen (secondary N) is 1. The van der Waals surface area contributed by atoms with E-state index >= 15 is 0 Å². The third-order valence-electron chi connectivity index (χ3n) is 6.46. The summed E-state index contributed by atoms with van der Waals surface area (Å²) in [4.78, 5) is 41.3. The molecule has 0 fully saturated rings. The van der Waals surface area contributed by atoms with Gasteiger partial charge in [0.2, 0.25) is 0 Å². The van der Waals surface area contributed by atoms with E-state index in [1.165, 1.54) is 4.88 Å². The molecule has 7 nitrogen and oxygen atoms in total. The number of hydrogen-bond acceptors (Lipinski definition) is 6. The number of hydrogen-bond donors (Lipinski definition) is 1. The van der Waals surface area contributed by atoms with E-state index < -0.39 is 5.97 Å². The molecule has 6 rings (SSSR count). The number of benzene rings is 1. The fourth-order valence-electron chi connectivity index (χ4n) is 4.86. The van der Waals surface area contributed by atoms with E-state index in [1.54, 1.807) is 11.3 Å². The summed E-state index contributed by atoms with van der Waals surface area (Å²) in [5, 5.41) is 0.719. The first-order valence-corrected chi connectivity index (χ1v) is 12.4. The Bertz CT molecular complexity index is 1610. The summed E-state index contributed by atoms with van der Waals surface area (Å²) in [6.07, 6.45) is 6.95. The van der Waals surface area contributed by atoms with Gasteiger partial charge in [-0.3, -0.25) is 9.20 Å². The highest BCUT2D eigenvalue weighted by Gasteiger charge is 2.28. The lowest BCUT2D eigenvalue weighted by Gasteiger charge is -2.09. The lowest BCUT2D eigenvalue weighted by molar-refractivity contribution is 0.0502. The normalized spacial score (nSPS) is 13.8. The minimum absolute atomic E-state index is 0.163. The average Bonchev–Trinajstić information content (AvgIpc) is 3.36. The lowest BCUT2D eigenvalue weighted by Crippen LogP contribution is -2.13. The molecule has 0 atom stereocenters. The summed E-state index contributed by atoms with van der Waals surface area (Å²) in [6, 6.07) is 7.60. The van der Waals surface area contributed by atoms with Crippen molar-refractivity contribution in [1.82, 2.24) is 19.4 Å². The van der Waals surface area contributed by atoms with Crippen molar-refractivity contribution >= 4 is 55.4 Å². The molecule has 4 heterocycles. The van der Waals surface area contributed by atoms with E-state index in [4.69, 9.17) is 14.7 Å². The van der Waals surface area contributed by atoms with E-state index in [0.29, 0.717) is 28.9 Å². The Balaban J connectivity index is 1.68. The molecule has 1 aromatic carbocycles. The number of ether oxygens (including phenoxy) is 1. The van der Waals surface area contributed by atoms with Gasteiger partial charge in [-0.1, -0.05) is 31.9 Å². The Morgan fingerprint density at radius 3 is 2.76 bits per heavy atom. The van der Waals surface area contributed by atoms with Crippen LogP contribution >= 0.6 is 11.3 Å². The number of carbonyl (C=O) groups is 1. The maximum absolute atomic E-state index is 13.3. The van der Waals surface area contributed by atoms with Gasteiger partial charge >= 0.3 is 5.97 Å². The van der Waals surface area contributed by atoms with Crippen LogP contribution in [0.25, 0.3) is 38.1 Å². The van der Waals surface area contributed by atoms with Gasteiger partial charge in [0.1, 0.15) is 21.6 Å². The van der Waals surface area contributed by atoms with Crippen LogP contribution in [-0.2, 0) is 17.6 Å². The van der Waals surface area contributed by atoms with Gasteiger partial charge in [0.15, 0.2) is 5.65 Å². The van der Waals surface area contributed by atoms with Crippen molar-refractivity contribution in [2.45, 2.75) is 51.9 Å². The van der Waals surface area contributed by atoms with Crippen LogP contribution in [0.15, 0.2) is 29.1 Å². The number of nitrogens with zero attached hydrogens (tertiary/aromatic N) is 3. The number of esters is 1. The van der Waals surface area contributed by atoms with Crippen molar-refractivity contribution in [3.8, 4) is 0 Å². The first kappa shape index (κ1) is 20.4. The second-order valence-electron chi connectivity index (χ2n) is 8.63. The molecular weight excluding hydrogens is 436 g/mol. The highest BCUT2D eigenvalue weighted by Crippen LogP contribution is 2.37. The van der Waals surface area contributed by atoms with Crippen molar-refractivity contribution in [2.24, 2.45) is 0 Å². The highest BCUT2D eigenvalue weighted by molar-refractivity contribution is 7.19. The summed E-state index contributed by atoms with van der Waals surface area (Å²) in [5.41, 5.74) is 4.15. The molecule has 4 aromatic heterocycles. The van der Waals surface area contributed by atoms with Crippen LogP contribution in [0.4, 0.5) is 0 Å². The number of H-pyrrole nitrogens is 1. The Kier molecular flexibility index (Phi) is 4.90. The second kappa shape index (κ2) is 7.95. The van der Waals surface area contributed by atoms with Crippen LogP contribution < -0.4 is 5.56 Å². The summed E-state index contributed by atoms with van der Waals surface area (Å²) in [6.45, 7) is 2.44. The van der Waals surface area contributed by atoms with Gasteiger partial charge in [0.25, 0.3) is 5.56 Å². The van der Waals surface area contributed by atoms with E-state index in [0.717, 1.165) is 66.2 Å². The third-order valence-corrected chi connectivity index (χ3v) is 7.74. The Morgan fingerprint density at radius 1 is 1.15 bits per heavy atom. The molecule has 1 N–H and O–H groups in total. The molecule has 0 saturated heterocycles. The molecule has 168 valence electrons. The van der Waals surface area contributed by atoms with Gasteiger partial charge in [0.05, 0.1) is 23.0 Å². The van der Waals surface area contributed by atoms with Crippen molar-refractivity contribution in [1.29, 1.82) is 0 Å². The number of para-hydroxylation sites is 2. The minimum Gasteiger partial charge on any atom is -0.462 e. The topological polar surface area (TPSA) is 89.3 Å². The van der Waals surface area contributed by atoms with Crippen LogP contribution in [0.2, 0.25) is 0 Å². The average molecular weight is 461 g/mol. The maximum Gasteiger partial charge on any atom is 0.344 e. The zero-order valence-electron chi connectivity index (χ0n) is 18.4. The molecule has 1 aliphatic carbocycles. The molecule has 0 unspecified atom stereocenters. The van der Waals surface area contributed by atoms with Crippen molar-refractivity contribution < 1.29 is 9.53 Å². The monoisotopic (exact) mass is 460 g/mol. The fraction of sp³-hybridized carbons (Fsp3) is 0.360. The second-order valence-corrected chi connectivity index (χ2v) is 9.72. The minimum atomic E-state index is -0.473. The Labute approximate surface area is 193 Å². The summed E-state index contributed by atoms with van der Waals surface area (Å²) < 4.78 is 7.53. The van der Waals surface area contributed by atoms with Crippen LogP contribution in [0.5, 0.6) is 0 Å². The number of unbranched alkanes of at least 4 members (excludes halogenated alkanes) is 2. The van der Waals surface area contributed by atoms with Crippen LogP contribution in [-0.4, -0.2) is 31.9 Å². The van der Waals surface area contributed by atoms with E-state index in [-0.39, 0.29) is 11.1 Å². The van der Waals surface area contributed by atoms with Gasteiger partial charge in [-0.15, -0.1) is 11.3 Å². The molecule has 0 spiro atoms. The van der Waals surface area contributed by atoms with Crippen LogP contribution in [0.1, 0.15) is 59.8 Å². The molecule has 0 amide bonds. The number of aromatic nitrogens is 4. The Morgan fingerprint density at radius 2 is 1.94 bits per heavy atom. The van der Waals surface area contributed by atoms with Gasteiger partial charge < -0.3 is 9.72 Å². The Hall–Kier alpha value is -3.26. The molecule has 5 aromatic rings. The highest BCUT2D eigenvalue weighted by atomic mass is 32.1. The van der Waals surface area contributed by atoms with Crippen LogP contribution in [0.3, 0.4) is 0 Å². The van der Waals surface area contributed by atoms with Crippen molar-refractivity contribution in [2.75, 3.05) is 6.61 Å². The summed E-state index contributed by atoms with van der Waals surface area (Å²) in [7, 11) is 0. The van der Waals surface area contributed by atoms with Gasteiger partial charge in [-0.05, 0) is 49.8 Å². The molecule has 33 heavy (non-hydrogen) atoms. The van der Waals surface area contributed by atoms with Crippen molar-refractivity contribution in [3.63, 3.8) is 0 Å². The van der Waals surface area contributed by atoms with Crippen molar-refractivity contribution in [3.05, 3.63) is 50.6 Å². The maximum atomic E-state index is 13.3. The molecule has 0 bridgehead atoms. The third kappa shape index (κ3) is 3.15. The SMILES string of the molecule is CCCCCOC(=O)c1c2nc3ccccc3nc2n2c1[nH]c(=O)c1c3c(sc12)CCCC3. The molecule has 0 radical (unpaired) electrons. The number of thiophene rings is 1. The van der Waals surface area contributed by atoms with E-state index in [1.807, 2.05) is 28.7 Å². The number of rotatable bonds is 5. The largest absolute Gasteiger partial charge is 0.462 e. The zero-order chi connectivity index (χ0) is 22.5. The fourth-order valence-corrected chi connectivity index (χ4v) is 6.25. The van der Waals surface area contributed by atoms with Gasteiger partial charge in [-0.2, -0.15) is 0 Å². The van der Waals surface area contributed by atoms with E-state index in [2.05, 4.69) is 11.9 Å². The summed E-state index contributed by atoms with van der Waals surface area (Å²) in [5.74, 6) is -0.473. The first-order chi connectivity index (χ1) is 16.2. The summed E-state index contributed by atoms with van der Waals surface area (Å²) >= 11 is 1.64. The molecule has 1 aliphatic rings. The standard InChI is InChI=1S/C25H24N4O3S/c1-2-3-8-13-32-25(31)19-20-22(27-16-11-6-5-10-15(16)26-20)29-21(19)28-23(30)18-14-9-4-7-12-17(14)33-24(18)29/h5-6,10-11H,2-4,7-9,12-13H2,1H3,(H,28,30). The number of fused-ring (bicyclic) bond motifs is 8. The lowest BCUT2D eigenvalue weighted by atomic mass is 9.97. The predicted molar refractivity (Wildman–Crippen MR) is 130 cm³/mol. The molecule has 0 aliphatic heterocycles. The van der Waals surface area contributed by atoms with Gasteiger partial charge in [0, 0.05) is 4.88 Å². The van der Waals surface area contributed by atoms with E-state index in [9.17, 15) is 9.59 Å². The molecular formula is C25H24N4O3S. The molecule has 8 heteroatoms. The number of carbonyl (C=O) groups excluding carboxylic acids is 1. The quantitative estimate of drug-likeness (QED) is 0.289. The zero-order valence-corrected chi connectivity index (χ0v) is 19.3. The number of aromatic amines is 1. The van der Waals surface area contributed by atoms with Gasteiger partial charge in [-0.25, -0.2) is 14.8 Å². The predicted octanol–water partition coefficient (Wildman–Crippen LogP) is 5.16.